The molecule has 216 valence electrons. The highest BCUT2D eigenvalue weighted by Gasteiger charge is 2.49. The van der Waals surface area contributed by atoms with E-state index in [0.717, 1.165) is 23.8 Å². The third kappa shape index (κ3) is 7.22. The van der Waals surface area contributed by atoms with Crippen molar-refractivity contribution in [2.75, 3.05) is 6.61 Å². The Bertz CT molecular complexity index is 1220. The van der Waals surface area contributed by atoms with Gasteiger partial charge in [0.2, 0.25) is 5.91 Å². The van der Waals surface area contributed by atoms with Crippen LogP contribution in [0.4, 0.5) is 0 Å². The number of carbonyl (C=O) groups excluding carboxylic acids is 1. The number of phosphoric ester groups is 2. The van der Waals surface area contributed by atoms with E-state index in [1.54, 1.807) is 0 Å². The lowest BCUT2D eigenvalue weighted by molar-refractivity contribution is -0.203. The molecule has 1 aromatic heterocycles. The third-order valence-electron chi connectivity index (χ3n) is 5.62. The summed E-state index contributed by atoms with van der Waals surface area (Å²) in [5.74, 6) is -0.683. The van der Waals surface area contributed by atoms with E-state index in [4.69, 9.17) is 19.7 Å². The van der Waals surface area contributed by atoms with Crippen molar-refractivity contribution >= 4 is 21.6 Å². The highest BCUT2D eigenvalue weighted by Crippen LogP contribution is 2.61. The number of aromatic nitrogens is 2. The van der Waals surface area contributed by atoms with Crippen molar-refractivity contribution in [1.82, 2.24) is 14.9 Å². The van der Waals surface area contributed by atoms with Crippen molar-refractivity contribution in [1.29, 1.82) is 0 Å². The molecule has 1 aromatic rings. The molecular weight excluding hydrogens is 562 g/mol. The molecule has 21 heteroatoms. The molecule has 0 saturated carbocycles. The van der Waals surface area contributed by atoms with Crippen LogP contribution in [0.15, 0.2) is 21.9 Å². The van der Waals surface area contributed by atoms with Crippen LogP contribution < -0.4 is 22.3 Å². The molecule has 2 aliphatic rings. The van der Waals surface area contributed by atoms with Crippen LogP contribution in [0.5, 0.6) is 0 Å². The van der Waals surface area contributed by atoms with Gasteiger partial charge in [0.1, 0.15) is 24.4 Å². The van der Waals surface area contributed by atoms with Crippen LogP contribution in [0.1, 0.15) is 20.1 Å². The average molecular weight is 590 g/mol. The number of nitrogens with two attached hydrogens (primary N) is 1. The number of aliphatic hydroxyl groups is 3. The summed E-state index contributed by atoms with van der Waals surface area (Å²) in [7, 11) is -10.9. The topological polar surface area (TPSA) is 291 Å². The number of rotatable bonds is 9. The van der Waals surface area contributed by atoms with Crippen molar-refractivity contribution in [3.63, 3.8) is 0 Å². The van der Waals surface area contributed by atoms with Crippen LogP contribution in [0, 0.1) is 0 Å². The smallest absolute Gasteiger partial charge is 0.389 e. The van der Waals surface area contributed by atoms with Gasteiger partial charge in [0.05, 0.1) is 24.9 Å². The molecule has 11 atom stereocenters. The Balaban J connectivity index is 1.64. The van der Waals surface area contributed by atoms with E-state index in [9.17, 15) is 48.6 Å². The maximum atomic E-state index is 12.4. The third-order valence-corrected chi connectivity index (χ3v) is 8.22. The maximum absolute atomic E-state index is 12.4. The van der Waals surface area contributed by atoms with Gasteiger partial charge in [-0.25, -0.2) is 13.9 Å². The Labute approximate surface area is 213 Å². The summed E-state index contributed by atoms with van der Waals surface area (Å²) in [5.41, 5.74) is 4.05. The molecule has 0 spiro atoms. The number of amides is 1. The first kappa shape index (κ1) is 30.7. The molecule has 0 aliphatic carbocycles. The standard InChI is InChI=1S/C17H28N4O15P2/c1-6-10(18)13(25)11(19-7(2)22)16(33-6)35-38(30,31)36-37(28,29)32-5-8-12(24)14(26)15(34-8)21-4-3-9(23)20-17(21)27/h3-4,6,8,10-16,24-26H,5,18H2,1-2H3,(H,19,22)(H,28,29)(H,30,31)(H,20,23,27)/t6-,8-,10-,11-,12-,13+,14-,15-,16-/m1/s1. The fourth-order valence-electron chi connectivity index (χ4n) is 3.74. The van der Waals surface area contributed by atoms with Crippen molar-refractivity contribution in [3.05, 3.63) is 33.1 Å². The summed E-state index contributed by atoms with van der Waals surface area (Å²) >= 11 is 0. The molecular formula is C17H28N4O15P2. The lowest BCUT2D eigenvalue weighted by Crippen LogP contribution is -2.65. The summed E-state index contributed by atoms with van der Waals surface area (Å²) in [4.78, 5) is 56.5. The van der Waals surface area contributed by atoms with Crippen molar-refractivity contribution < 1.29 is 61.9 Å². The number of nitrogens with one attached hydrogen (secondary N) is 2. The van der Waals surface area contributed by atoms with Gasteiger partial charge in [-0.1, -0.05) is 0 Å². The number of hydrogen-bond acceptors (Lipinski definition) is 14. The summed E-state index contributed by atoms with van der Waals surface area (Å²) in [6.45, 7) is 1.49. The second-order valence-electron chi connectivity index (χ2n) is 8.49. The highest BCUT2D eigenvalue weighted by molar-refractivity contribution is 7.61. The number of ether oxygens (including phenoxy) is 2. The molecule has 38 heavy (non-hydrogen) atoms. The number of aromatic amines is 1. The molecule has 19 nitrogen and oxygen atoms in total. The molecule has 2 aliphatic heterocycles. The monoisotopic (exact) mass is 590 g/mol. The van der Waals surface area contributed by atoms with Gasteiger partial charge in [-0.2, -0.15) is 4.31 Å². The average Bonchev–Trinajstić information content (AvgIpc) is 3.06. The Morgan fingerprint density at radius 1 is 1.16 bits per heavy atom. The van der Waals surface area contributed by atoms with Gasteiger partial charge in [-0.15, -0.1) is 0 Å². The Morgan fingerprint density at radius 3 is 2.42 bits per heavy atom. The Kier molecular flexibility index (Phi) is 9.48. The van der Waals surface area contributed by atoms with E-state index in [0.29, 0.717) is 0 Å². The Morgan fingerprint density at radius 2 is 1.82 bits per heavy atom. The van der Waals surface area contributed by atoms with E-state index < -0.39 is 94.5 Å². The molecule has 0 radical (unpaired) electrons. The van der Waals surface area contributed by atoms with Crippen molar-refractivity contribution in [3.8, 4) is 0 Å². The van der Waals surface area contributed by atoms with Gasteiger partial charge in [0.25, 0.3) is 5.56 Å². The lowest BCUT2D eigenvalue weighted by atomic mass is 9.96. The van der Waals surface area contributed by atoms with Gasteiger partial charge < -0.3 is 45.6 Å². The lowest BCUT2D eigenvalue weighted by Gasteiger charge is -2.42. The van der Waals surface area contributed by atoms with E-state index in [2.05, 4.69) is 14.2 Å². The molecule has 3 heterocycles. The largest absolute Gasteiger partial charge is 0.483 e. The van der Waals surface area contributed by atoms with E-state index >= 15 is 0 Å². The number of phosphoric acid groups is 2. The zero-order chi connectivity index (χ0) is 28.6. The first-order valence-electron chi connectivity index (χ1n) is 10.9. The SMILES string of the molecule is CC(=O)N[C@H]1[C@@H](OP(=O)(O)OP(=O)(O)OC[C@H]2O[C@@H](n3ccc(=O)[nH]c3=O)[C@H](O)[C@@H]2O)O[C@H](C)[C@@H](N)[C@@H]1O. The molecule has 1 amide bonds. The van der Waals surface area contributed by atoms with Crippen LogP contribution >= 0.6 is 15.6 Å². The minimum Gasteiger partial charge on any atom is -0.389 e. The molecule has 3 rings (SSSR count). The quantitative estimate of drug-likeness (QED) is 0.129. The summed E-state index contributed by atoms with van der Waals surface area (Å²) < 4.78 is 49.7. The number of H-pyrrole nitrogens is 1. The molecule has 0 bridgehead atoms. The van der Waals surface area contributed by atoms with Crippen LogP contribution in [-0.4, -0.2) is 96.1 Å². The van der Waals surface area contributed by atoms with Gasteiger partial charge in [0, 0.05) is 19.2 Å². The first-order valence-corrected chi connectivity index (χ1v) is 13.9. The van der Waals surface area contributed by atoms with Gasteiger partial charge in [0.15, 0.2) is 12.5 Å². The molecule has 0 aromatic carbocycles. The summed E-state index contributed by atoms with van der Waals surface area (Å²) in [6, 6.07) is -1.54. The predicted octanol–water partition coefficient (Wildman–Crippen LogP) is -3.66. The minimum absolute atomic E-state index is 0.683. The second kappa shape index (κ2) is 11.7. The predicted molar refractivity (Wildman–Crippen MR) is 121 cm³/mol. The number of aliphatic hydroxyl groups excluding tert-OH is 3. The highest BCUT2D eigenvalue weighted by atomic mass is 31.3. The van der Waals surface area contributed by atoms with E-state index in [1.807, 2.05) is 4.98 Å². The van der Waals surface area contributed by atoms with Crippen molar-refractivity contribution in [2.24, 2.45) is 5.73 Å². The first-order chi connectivity index (χ1) is 17.5. The van der Waals surface area contributed by atoms with Crippen molar-refractivity contribution in [2.45, 2.75) is 69.0 Å². The fourth-order valence-corrected chi connectivity index (χ4v) is 5.90. The second-order valence-corrected chi connectivity index (χ2v) is 11.5. The Hall–Kier alpha value is -1.83. The molecule has 2 unspecified atom stereocenters. The van der Waals surface area contributed by atoms with Gasteiger partial charge in [-0.05, 0) is 6.92 Å². The summed E-state index contributed by atoms with van der Waals surface area (Å²) in [6.07, 6.45) is -9.87. The van der Waals surface area contributed by atoms with Crippen LogP contribution in [0.25, 0.3) is 0 Å². The van der Waals surface area contributed by atoms with Gasteiger partial charge >= 0.3 is 21.3 Å². The van der Waals surface area contributed by atoms with Crippen LogP contribution in [0.3, 0.4) is 0 Å². The normalized spacial score (nSPS) is 36.8. The number of nitrogens with zero attached hydrogens (tertiary/aromatic N) is 1. The van der Waals surface area contributed by atoms with Gasteiger partial charge in [-0.3, -0.25) is 28.2 Å². The van der Waals surface area contributed by atoms with Crippen LogP contribution in [-0.2, 0) is 36.8 Å². The molecule has 9 N–H and O–H groups in total. The molecule has 2 saturated heterocycles. The maximum Gasteiger partial charge on any atom is 0.483 e. The molecule has 2 fully saturated rings. The zero-order valence-electron chi connectivity index (χ0n) is 19.8. The number of carbonyl (C=O) groups is 1. The fraction of sp³-hybridized carbons (Fsp3) is 0.706. The zero-order valence-corrected chi connectivity index (χ0v) is 21.6. The number of hydrogen-bond donors (Lipinski definition) is 8. The van der Waals surface area contributed by atoms with Crippen LogP contribution in [0.2, 0.25) is 0 Å². The minimum atomic E-state index is -5.49. The van der Waals surface area contributed by atoms with E-state index in [-0.39, 0.29) is 0 Å². The summed E-state index contributed by atoms with van der Waals surface area (Å²) in [5, 5.41) is 32.9. The van der Waals surface area contributed by atoms with E-state index in [1.165, 1.54) is 6.92 Å².